The highest BCUT2D eigenvalue weighted by Crippen LogP contribution is 2.27. The second-order valence-electron chi connectivity index (χ2n) is 18.9. The maximum atomic E-state index is 12.3. The molecular formula is C48H80N4O11. The number of aldehydes is 1. The summed E-state index contributed by atoms with van der Waals surface area (Å²) < 4.78 is 32.7. The molecule has 2 fully saturated rings. The SMILES string of the molecule is CC(C)(C)OC(=O)N[C@@H](Cc1ccccc1)C(O)CN.CC(C=O)CCC1(C)OCCO1.CC(CCC1(C)OCCO1)CNCC(O)[C@H](Cc1ccccc1)NC(=O)OC(C)(C)C. The fourth-order valence-corrected chi connectivity index (χ4v) is 6.58. The van der Waals surface area contributed by atoms with E-state index in [4.69, 9.17) is 34.2 Å². The van der Waals surface area contributed by atoms with Gasteiger partial charge in [-0.25, -0.2) is 9.59 Å². The summed E-state index contributed by atoms with van der Waals surface area (Å²) in [5.41, 5.74) is 6.38. The van der Waals surface area contributed by atoms with Crippen molar-refractivity contribution in [3.63, 3.8) is 0 Å². The lowest BCUT2D eigenvalue weighted by atomic mass is 10.00. The van der Waals surface area contributed by atoms with Gasteiger partial charge >= 0.3 is 12.2 Å². The Bertz CT molecular complexity index is 1560. The number of nitrogens with one attached hydrogen (secondary N) is 3. The van der Waals surface area contributed by atoms with Gasteiger partial charge in [0, 0.05) is 31.8 Å². The van der Waals surface area contributed by atoms with Crippen LogP contribution in [0.1, 0.15) is 106 Å². The second kappa shape index (κ2) is 27.6. The van der Waals surface area contributed by atoms with Crippen molar-refractivity contribution in [3.8, 4) is 0 Å². The fourth-order valence-electron chi connectivity index (χ4n) is 6.58. The summed E-state index contributed by atoms with van der Waals surface area (Å²) in [6, 6.07) is 18.5. The van der Waals surface area contributed by atoms with Crippen LogP contribution in [0.15, 0.2) is 60.7 Å². The minimum Gasteiger partial charge on any atom is -0.444 e. The summed E-state index contributed by atoms with van der Waals surface area (Å²) in [5.74, 6) is -0.388. The molecule has 2 saturated heterocycles. The Hall–Kier alpha value is -3.67. The van der Waals surface area contributed by atoms with Gasteiger partial charge in [-0.2, -0.15) is 0 Å². The highest BCUT2D eigenvalue weighted by molar-refractivity contribution is 5.68. The third-order valence-corrected chi connectivity index (χ3v) is 10.2. The minimum atomic E-state index is -0.817. The van der Waals surface area contributed by atoms with Crippen LogP contribution in [0.4, 0.5) is 9.59 Å². The number of aliphatic hydroxyl groups is 2. The molecule has 2 aliphatic rings. The number of benzene rings is 2. The van der Waals surface area contributed by atoms with E-state index in [1.54, 1.807) is 20.8 Å². The number of ether oxygens (including phenoxy) is 6. The summed E-state index contributed by atoms with van der Waals surface area (Å²) in [6.07, 6.45) is 2.78. The van der Waals surface area contributed by atoms with Crippen LogP contribution in [0.2, 0.25) is 0 Å². The third kappa shape index (κ3) is 24.8. The van der Waals surface area contributed by atoms with Gasteiger partial charge in [0.2, 0.25) is 0 Å². The summed E-state index contributed by atoms with van der Waals surface area (Å²) in [4.78, 5) is 34.4. The van der Waals surface area contributed by atoms with Gasteiger partial charge < -0.3 is 65.1 Å². The van der Waals surface area contributed by atoms with Crippen molar-refractivity contribution in [2.75, 3.05) is 46.1 Å². The number of rotatable bonds is 20. The largest absolute Gasteiger partial charge is 0.444 e. The molecule has 2 aliphatic heterocycles. The van der Waals surface area contributed by atoms with Crippen LogP contribution in [-0.2, 0) is 46.1 Å². The predicted octanol–water partition coefficient (Wildman–Crippen LogP) is 6.06. The van der Waals surface area contributed by atoms with Crippen LogP contribution < -0.4 is 21.7 Å². The fraction of sp³-hybridized carbons (Fsp3) is 0.688. The molecule has 7 N–H and O–H groups in total. The van der Waals surface area contributed by atoms with Crippen molar-refractivity contribution >= 4 is 18.5 Å². The van der Waals surface area contributed by atoms with Crippen molar-refractivity contribution in [2.24, 2.45) is 17.6 Å². The van der Waals surface area contributed by atoms with Gasteiger partial charge in [-0.1, -0.05) is 74.5 Å². The first-order valence-corrected chi connectivity index (χ1v) is 22.4. The molecule has 2 aromatic carbocycles. The van der Waals surface area contributed by atoms with Gasteiger partial charge in [0.25, 0.3) is 0 Å². The van der Waals surface area contributed by atoms with Crippen molar-refractivity contribution in [2.45, 2.75) is 155 Å². The molecule has 0 radical (unpaired) electrons. The molecule has 2 amide bonds. The molecule has 4 unspecified atom stereocenters. The van der Waals surface area contributed by atoms with E-state index in [9.17, 15) is 24.6 Å². The Morgan fingerprint density at radius 2 is 1.10 bits per heavy atom. The van der Waals surface area contributed by atoms with E-state index in [-0.39, 0.29) is 12.5 Å². The Labute approximate surface area is 376 Å². The predicted molar refractivity (Wildman–Crippen MR) is 244 cm³/mol. The number of carbonyl (C=O) groups excluding carboxylic acids is 3. The maximum Gasteiger partial charge on any atom is 0.407 e. The average molecular weight is 889 g/mol. The molecule has 4 rings (SSSR count). The third-order valence-electron chi connectivity index (χ3n) is 10.2. The highest BCUT2D eigenvalue weighted by Gasteiger charge is 2.32. The van der Waals surface area contributed by atoms with E-state index in [1.807, 2.05) is 102 Å². The molecular weight excluding hydrogens is 809 g/mol. The first kappa shape index (κ1) is 55.5. The number of alkyl carbamates (subject to hydrolysis) is 2. The van der Waals surface area contributed by atoms with Crippen LogP contribution in [0, 0.1) is 11.8 Å². The van der Waals surface area contributed by atoms with Crippen LogP contribution >= 0.6 is 0 Å². The number of aliphatic hydroxyl groups excluding tert-OH is 2. The molecule has 6 atom stereocenters. The first-order chi connectivity index (χ1) is 29.5. The lowest BCUT2D eigenvalue weighted by molar-refractivity contribution is -0.149. The lowest BCUT2D eigenvalue weighted by Gasteiger charge is -2.28. The second-order valence-corrected chi connectivity index (χ2v) is 18.9. The van der Waals surface area contributed by atoms with E-state index < -0.39 is 59.3 Å². The Morgan fingerprint density at radius 1 is 0.698 bits per heavy atom. The monoisotopic (exact) mass is 889 g/mol. The summed E-state index contributed by atoms with van der Waals surface area (Å²) in [6.45, 7) is 22.7. The summed E-state index contributed by atoms with van der Waals surface area (Å²) >= 11 is 0. The zero-order chi connectivity index (χ0) is 47.1. The minimum absolute atomic E-state index is 0.0767. The number of carbonyl (C=O) groups is 3. The van der Waals surface area contributed by atoms with E-state index in [1.165, 1.54) is 0 Å². The van der Waals surface area contributed by atoms with Crippen LogP contribution in [-0.4, -0.2) is 122 Å². The number of nitrogens with two attached hydrogens (primary N) is 1. The zero-order valence-electron chi connectivity index (χ0n) is 39.7. The van der Waals surface area contributed by atoms with Gasteiger partial charge in [0.05, 0.1) is 50.7 Å². The van der Waals surface area contributed by atoms with Gasteiger partial charge in [-0.05, 0) is 105 Å². The molecule has 15 nitrogen and oxygen atoms in total. The number of hydrogen-bond acceptors (Lipinski definition) is 13. The van der Waals surface area contributed by atoms with E-state index in [0.717, 1.165) is 49.6 Å². The normalized spacial score (nSPS) is 18.4. The topological polar surface area (TPSA) is 209 Å². The van der Waals surface area contributed by atoms with Gasteiger partial charge in [0.1, 0.15) is 17.5 Å². The molecule has 2 heterocycles. The lowest BCUT2D eigenvalue weighted by Crippen LogP contribution is -2.50. The molecule has 0 aromatic heterocycles. The van der Waals surface area contributed by atoms with Crippen molar-refractivity contribution in [1.82, 2.24) is 16.0 Å². The standard InChI is InChI=1S/C24H40N2O5.C15H24N2O3.C9H16O3/c1-18(11-12-24(5)29-13-14-30-24)16-25-17-21(27)20(15-19-9-7-6-8-10-19)26-22(28)31-23(2,3)4;1-15(2,3)20-14(19)17-12(13(18)10-16)9-11-7-5-4-6-8-11;1-8(7-10)3-4-9(2)11-5-6-12-9/h6-10,18,20-21,25,27H,11-17H2,1-5H3,(H,26,28);4-8,12-13,18H,9-10,16H2,1-3H3,(H,17,19);7-8H,3-6H2,1-2H3/t18?,20-,21?;12-,13?;/m00./s1. The summed E-state index contributed by atoms with van der Waals surface area (Å²) in [7, 11) is 0. The Balaban J connectivity index is 0.000000363. The Kier molecular flexibility index (Phi) is 24.3. The van der Waals surface area contributed by atoms with Gasteiger partial charge in [-0.3, -0.25) is 0 Å². The van der Waals surface area contributed by atoms with Crippen molar-refractivity contribution < 1.29 is 53.0 Å². The zero-order valence-corrected chi connectivity index (χ0v) is 39.7. The molecule has 63 heavy (non-hydrogen) atoms. The van der Waals surface area contributed by atoms with Crippen molar-refractivity contribution in [1.29, 1.82) is 0 Å². The van der Waals surface area contributed by atoms with Gasteiger partial charge in [-0.15, -0.1) is 0 Å². The molecule has 0 bridgehead atoms. The molecule has 0 aliphatic carbocycles. The quantitative estimate of drug-likeness (QED) is 0.0837. The van der Waals surface area contributed by atoms with Crippen LogP contribution in [0.3, 0.4) is 0 Å². The summed E-state index contributed by atoms with van der Waals surface area (Å²) in [5, 5.41) is 29.6. The first-order valence-electron chi connectivity index (χ1n) is 22.4. The molecule has 358 valence electrons. The average Bonchev–Trinajstić information content (AvgIpc) is 3.86. The van der Waals surface area contributed by atoms with E-state index >= 15 is 0 Å². The van der Waals surface area contributed by atoms with Gasteiger partial charge in [0.15, 0.2) is 11.6 Å². The van der Waals surface area contributed by atoms with Crippen LogP contribution in [0.25, 0.3) is 0 Å². The van der Waals surface area contributed by atoms with E-state index in [0.29, 0.717) is 51.7 Å². The van der Waals surface area contributed by atoms with E-state index in [2.05, 4.69) is 22.9 Å². The maximum absolute atomic E-state index is 12.3. The Morgan fingerprint density at radius 3 is 1.48 bits per heavy atom. The molecule has 15 heteroatoms. The highest BCUT2D eigenvalue weighted by atomic mass is 16.7. The smallest absolute Gasteiger partial charge is 0.407 e. The number of hydrogen-bond donors (Lipinski definition) is 6. The van der Waals surface area contributed by atoms with Crippen molar-refractivity contribution in [3.05, 3.63) is 71.8 Å². The molecule has 0 spiro atoms. The molecule has 2 aromatic rings. The van der Waals surface area contributed by atoms with Crippen LogP contribution in [0.5, 0.6) is 0 Å². The number of amides is 2. The molecule has 0 saturated carbocycles.